The Bertz CT molecular complexity index is 443. The van der Waals surface area contributed by atoms with Crippen LogP contribution in [0.1, 0.15) is 38.2 Å². The molecule has 2 nitrogen and oxygen atoms in total. The van der Waals surface area contributed by atoms with Crippen LogP contribution in [0.5, 0.6) is 0 Å². The SMILES string of the molecule is CCNC(Cc1cccc(Cl)c1F)CC1(OC)CCC1. The third-order valence-corrected chi connectivity index (χ3v) is 4.60. The summed E-state index contributed by atoms with van der Waals surface area (Å²) in [6.07, 6.45) is 4.99. The van der Waals surface area contributed by atoms with E-state index in [-0.39, 0.29) is 22.5 Å². The van der Waals surface area contributed by atoms with Crippen LogP contribution in [0.4, 0.5) is 4.39 Å². The van der Waals surface area contributed by atoms with E-state index in [9.17, 15) is 4.39 Å². The summed E-state index contributed by atoms with van der Waals surface area (Å²) in [4.78, 5) is 0. The summed E-state index contributed by atoms with van der Waals surface area (Å²) in [7, 11) is 1.78. The molecule has 1 aliphatic rings. The first-order chi connectivity index (χ1) is 9.60. The molecular weight excluding hydrogens is 277 g/mol. The van der Waals surface area contributed by atoms with Crippen molar-refractivity contribution in [2.75, 3.05) is 13.7 Å². The second-order valence-electron chi connectivity index (χ2n) is 5.62. The quantitative estimate of drug-likeness (QED) is 0.823. The highest BCUT2D eigenvalue weighted by atomic mass is 35.5. The maximum Gasteiger partial charge on any atom is 0.145 e. The van der Waals surface area contributed by atoms with E-state index >= 15 is 0 Å². The van der Waals surface area contributed by atoms with Gasteiger partial charge in [0.25, 0.3) is 0 Å². The number of hydrogen-bond acceptors (Lipinski definition) is 2. The predicted molar refractivity (Wildman–Crippen MR) is 80.8 cm³/mol. The van der Waals surface area contributed by atoms with Gasteiger partial charge in [0.1, 0.15) is 5.82 Å². The lowest BCUT2D eigenvalue weighted by Crippen LogP contribution is -2.46. The summed E-state index contributed by atoms with van der Waals surface area (Å²) >= 11 is 5.85. The molecule has 0 spiro atoms. The monoisotopic (exact) mass is 299 g/mol. The van der Waals surface area contributed by atoms with Crippen LogP contribution in [0.15, 0.2) is 18.2 Å². The Balaban J connectivity index is 2.07. The fraction of sp³-hybridized carbons (Fsp3) is 0.625. The van der Waals surface area contributed by atoms with Gasteiger partial charge < -0.3 is 10.1 Å². The van der Waals surface area contributed by atoms with Gasteiger partial charge >= 0.3 is 0 Å². The molecule has 20 heavy (non-hydrogen) atoms. The normalized spacial score (nSPS) is 18.6. The van der Waals surface area contributed by atoms with Crippen molar-refractivity contribution in [2.24, 2.45) is 0 Å². The molecule has 0 amide bonds. The molecule has 1 saturated carbocycles. The van der Waals surface area contributed by atoms with Crippen LogP contribution in [0.2, 0.25) is 5.02 Å². The third-order valence-electron chi connectivity index (χ3n) is 4.31. The molecular formula is C16H23ClFNO. The van der Waals surface area contributed by atoms with Crippen LogP contribution >= 0.6 is 11.6 Å². The lowest BCUT2D eigenvalue weighted by molar-refractivity contribution is -0.0833. The molecule has 0 bridgehead atoms. The van der Waals surface area contributed by atoms with Crippen LogP contribution in [0.25, 0.3) is 0 Å². The number of benzene rings is 1. The van der Waals surface area contributed by atoms with E-state index in [0.717, 1.165) is 25.8 Å². The molecule has 0 aromatic heterocycles. The van der Waals surface area contributed by atoms with Crippen LogP contribution in [0.3, 0.4) is 0 Å². The molecule has 1 aliphatic carbocycles. The molecule has 1 fully saturated rings. The number of ether oxygens (including phenoxy) is 1. The van der Waals surface area contributed by atoms with Crippen molar-refractivity contribution in [3.63, 3.8) is 0 Å². The maximum atomic E-state index is 14.0. The van der Waals surface area contributed by atoms with E-state index < -0.39 is 0 Å². The van der Waals surface area contributed by atoms with Gasteiger partial charge in [0.15, 0.2) is 0 Å². The molecule has 4 heteroatoms. The number of likely N-dealkylation sites (N-methyl/N-ethyl adjacent to an activating group) is 1. The van der Waals surface area contributed by atoms with Crippen LogP contribution < -0.4 is 5.32 Å². The van der Waals surface area contributed by atoms with Crippen molar-refractivity contribution >= 4 is 11.6 Å². The van der Waals surface area contributed by atoms with E-state index in [1.807, 2.05) is 6.07 Å². The minimum absolute atomic E-state index is 0.0120. The van der Waals surface area contributed by atoms with Gasteiger partial charge in [0.2, 0.25) is 0 Å². The number of halogens is 2. The van der Waals surface area contributed by atoms with Crippen LogP contribution in [-0.4, -0.2) is 25.3 Å². The summed E-state index contributed by atoms with van der Waals surface area (Å²) in [6.45, 7) is 2.94. The smallest absolute Gasteiger partial charge is 0.145 e. The first kappa shape index (κ1) is 15.7. The molecule has 0 heterocycles. The zero-order chi connectivity index (χ0) is 14.6. The zero-order valence-electron chi connectivity index (χ0n) is 12.2. The van der Waals surface area contributed by atoms with Gasteiger partial charge in [-0.25, -0.2) is 4.39 Å². The van der Waals surface area contributed by atoms with Crippen molar-refractivity contribution in [3.05, 3.63) is 34.6 Å². The van der Waals surface area contributed by atoms with E-state index in [1.165, 1.54) is 6.42 Å². The lowest BCUT2D eigenvalue weighted by Gasteiger charge is -2.43. The van der Waals surface area contributed by atoms with Gasteiger partial charge in [-0.2, -0.15) is 0 Å². The lowest BCUT2D eigenvalue weighted by atomic mass is 9.75. The Morgan fingerprint density at radius 1 is 1.45 bits per heavy atom. The van der Waals surface area contributed by atoms with Gasteiger partial charge in [-0.15, -0.1) is 0 Å². The summed E-state index contributed by atoms with van der Waals surface area (Å²) in [6, 6.07) is 5.42. The van der Waals surface area contributed by atoms with Gasteiger partial charge in [-0.1, -0.05) is 30.7 Å². The van der Waals surface area contributed by atoms with Crippen LogP contribution in [0, 0.1) is 5.82 Å². The van der Waals surface area contributed by atoms with Gasteiger partial charge in [-0.05, 0) is 50.3 Å². The molecule has 112 valence electrons. The molecule has 0 saturated heterocycles. The number of nitrogens with one attached hydrogen (secondary N) is 1. The average molecular weight is 300 g/mol. The molecule has 1 aromatic rings. The summed E-state index contributed by atoms with van der Waals surface area (Å²) < 4.78 is 19.7. The van der Waals surface area contributed by atoms with Crippen molar-refractivity contribution in [2.45, 2.75) is 50.7 Å². The minimum Gasteiger partial charge on any atom is -0.378 e. The minimum atomic E-state index is -0.294. The van der Waals surface area contributed by atoms with Crippen molar-refractivity contribution in [1.82, 2.24) is 5.32 Å². The maximum absolute atomic E-state index is 14.0. The summed E-state index contributed by atoms with van der Waals surface area (Å²) in [5.41, 5.74) is 0.663. The Morgan fingerprint density at radius 3 is 2.75 bits per heavy atom. The van der Waals surface area contributed by atoms with Crippen LogP contribution in [-0.2, 0) is 11.2 Å². The van der Waals surface area contributed by atoms with Crippen molar-refractivity contribution in [1.29, 1.82) is 0 Å². The Labute approximate surface area is 125 Å². The standard InChI is InChI=1S/C16H23ClFNO/c1-3-19-13(11-16(20-2)8-5-9-16)10-12-6-4-7-14(17)15(12)18/h4,6-7,13,19H,3,5,8-11H2,1-2H3. The largest absolute Gasteiger partial charge is 0.378 e. The first-order valence-electron chi connectivity index (χ1n) is 7.31. The van der Waals surface area contributed by atoms with Gasteiger partial charge in [0.05, 0.1) is 10.6 Å². The molecule has 0 radical (unpaired) electrons. The highest BCUT2D eigenvalue weighted by Crippen LogP contribution is 2.39. The molecule has 1 atom stereocenters. The molecule has 2 rings (SSSR count). The Morgan fingerprint density at radius 2 is 2.20 bits per heavy atom. The average Bonchev–Trinajstić information content (AvgIpc) is 2.39. The zero-order valence-corrected chi connectivity index (χ0v) is 13.0. The highest BCUT2D eigenvalue weighted by Gasteiger charge is 2.38. The second-order valence-corrected chi connectivity index (χ2v) is 6.02. The highest BCUT2D eigenvalue weighted by molar-refractivity contribution is 6.30. The summed E-state index contributed by atoms with van der Waals surface area (Å²) in [5.74, 6) is -0.294. The van der Waals surface area contributed by atoms with Crippen molar-refractivity contribution < 1.29 is 9.13 Å². The van der Waals surface area contributed by atoms with E-state index in [4.69, 9.17) is 16.3 Å². The Hall–Kier alpha value is -0.640. The van der Waals surface area contributed by atoms with Crippen molar-refractivity contribution in [3.8, 4) is 0 Å². The fourth-order valence-corrected chi connectivity index (χ4v) is 3.18. The third kappa shape index (κ3) is 3.51. The Kier molecular flexibility index (Phi) is 5.42. The molecule has 1 aromatic carbocycles. The fourth-order valence-electron chi connectivity index (χ4n) is 2.99. The number of methoxy groups -OCH3 is 1. The molecule has 1 N–H and O–H groups in total. The van der Waals surface area contributed by atoms with Gasteiger partial charge in [0, 0.05) is 13.2 Å². The number of hydrogen-bond donors (Lipinski definition) is 1. The number of rotatable bonds is 7. The predicted octanol–water partition coefficient (Wildman–Crippen LogP) is 3.96. The second kappa shape index (κ2) is 6.88. The van der Waals surface area contributed by atoms with Gasteiger partial charge in [-0.3, -0.25) is 0 Å². The topological polar surface area (TPSA) is 21.3 Å². The summed E-state index contributed by atoms with van der Waals surface area (Å²) in [5, 5.41) is 3.64. The van der Waals surface area contributed by atoms with E-state index in [0.29, 0.717) is 12.0 Å². The van der Waals surface area contributed by atoms with E-state index in [1.54, 1.807) is 19.2 Å². The first-order valence-corrected chi connectivity index (χ1v) is 7.69. The molecule has 1 unspecified atom stereocenters. The van der Waals surface area contributed by atoms with E-state index in [2.05, 4.69) is 12.2 Å². The molecule has 0 aliphatic heterocycles.